The van der Waals surface area contributed by atoms with Gasteiger partial charge in [0.05, 0.1) is 6.10 Å². The lowest BCUT2D eigenvalue weighted by molar-refractivity contribution is -0.128. The van der Waals surface area contributed by atoms with Crippen LogP contribution in [0.4, 0.5) is 5.69 Å². The Morgan fingerprint density at radius 3 is 2.80 bits per heavy atom. The molecule has 138 valence electrons. The van der Waals surface area contributed by atoms with Crippen molar-refractivity contribution in [1.29, 1.82) is 0 Å². The van der Waals surface area contributed by atoms with Gasteiger partial charge in [0, 0.05) is 36.7 Å². The van der Waals surface area contributed by atoms with E-state index in [2.05, 4.69) is 10.6 Å². The summed E-state index contributed by atoms with van der Waals surface area (Å²) in [5.74, 6) is 0.490. The van der Waals surface area contributed by atoms with E-state index < -0.39 is 5.41 Å². The van der Waals surface area contributed by atoms with Crippen molar-refractivity contribution in [2.45, 2.75) is 46.1 Å². The molecule has 1 saturated heterocycles. The fourth-order valence-corrected chi connectivity index (χ4v) is 2.41. The molecule has 6 heteroatoms. The Bertz CT molecular complexity index is 589. The van der Waals surface area contributed by atoms with E-state index in [9.17, 15) is 9.59 Å². The van der Waals surface area contributed by atoms with Gasteiger partial charge in [0.1, 0.15) is 12.4 Å². The van der Waals surface area contributed by atoms with Gasteiger partial charge in [-0.2, -0.15) is 0 Å². The SMILES string of the molecule is CC(C)(C)C(=O)NCCC(=O)Nc1cccc(OCC2CCCO2)c1. The smallest absolute Gasteiger partial charge is 0.226 e. The molecular weight excluding hydrogens is 320 g/mol. The fourth-order valence-electron chi connectivity index (χ4n) is 2.41. The predicted octanol–water partition coefficient (Wildman–Crippen LogP) is 2.74. The number of anilines is 1. The molecule has 0 saturated carbocycles. The summed E-state index contributed by atoms with van der Waals surface area (Å²) in [4.78, 5) is 23.8. The molecule has 1 heterocycles. The molecule has 1 aliphatic heterocycles. The van der Waals surface area contributed by atoms with Crippen LogP contribution in [0.1, 0.15) is 40.0 Å². The van der Waals surface area contributed by atoms with Gasteiger partial charge < -0.3 is 20.1 Å². The third-order valence-corrected chi connectivity index (χ3v) is 3.90. The highest BCUT2D eigenvalue weighted by Crippen LogP contribution is 2.20. The van der Waals surface area contributed by atoms with Crippen molar-refractivity contribution >= 4 is 17.5 Å². The standard InChI is InChI=1S/C19H28N2O4/c1-19(2,3)18(23)20-10-9-17(22)21-14-6-4-7-15(12-14)25-13-16-8-5-11-24-16/h4,6-7,12,16H,5,8-11,13H2,1-3H3,(H,20,23)(H,21,22). The van der Waals surface area contributed by atoms with Gasteiger partial charge in [-0.15, -0.1) is 0 Å². The lowest BCUT2D eigenvalue weighted by atomic mass is 9.96. The quantitative estimate of drug-likeness (QED) is 0.794. The molecule has 1 aromatic carbocycles. The summed E-state index contributed by atoms with van der Waals surface area (Å²) < 4.78 is 11.3. The molecule has 0 radical (unpaired) electrons. The maximum absolute atomic E-state index is 12.0. The molecule has 2 N–H and O–H groups in total. The van der Waals surface area contributed by atoms with Crippen LogP contribution in [-0.4, -0.2) is 37.7 Å². The van der Waals surface area contributed by atoms with Gasteiger partial charge in [0.2, 0.25) is 11.8 Å². The first kappa shape index (κ1) is 19.2. The van der Waals surface area contributed by atoms with Crippen LogP contribution in [-0.2, 0) is 14.3 Å². The second-order valence-electron chi connectivity index (χ2n) is 7.28. The lowest BCUT2D eigenvalue weighted by Crippen LogP contribution is -2.36. The van der Waals surface area contributed by atoms with E-state index in [-0.39, 0.29) is 24.3 Å². The van der Waals surface area contributed by atoms with Gasteiger partial charge in [-0.1, -0.05) is 26.8 Å². The van der Waals surface area contributed by atoms with Gasteiger partial charge in [-0.05, 0) is 25.0 Å². The van der Waals surface area contributed by atoms with Crippen molar-refractivity contribution in [3.8, 4) is 5.75 Å². The Hall–Kier alpha value is -2.08. The number of ether oxygens (including phenoxy) is 2. The van der Waals surface area contributed by atoms with E-state index in [0.717, 1.165) is 19.4 Å². The van der Waals surface area contributed by atoms with Gasteiger partial charge in [-0.3, -0.25) is 9.59 Å². The number of hydrogen-bond acceptors (Lipinski definition) is 4. The van der Waals surface area contributed by atoms with Crippen LogP contribution < -0.4 is 15.4 Å². The second kappa shape index (κ2) is 8.85. The van der Waals surface area contributed by atoms with Crippen molar-refractivity contribution in [3.05, 3.63) is 24.3 Å². The Morgan fingerprint density at radius 1 is 1.32 bits per heavy atom. The highest BCUT2D eigenvalue weighted by molar-refractivity contribution is 5.91. The van der Waals surface area contributed by atoms with Gasteiger partial charge in [-0.25, -0.2) is 0 Å². The van der Waals surface area contributed by atoms with E-state index in [1.807, 2.05) is 39.0 Å². The second-order valence-corrected chi connectivity index (χ2v) is 7.28. The molecular formula is C19H28N2O4. The maximum Gasteiger partial charge on any atom is 0.226 e. The molecule has 1 aromatic rings. The number of rotatable bonds is 7. The van der Waals surface area contributed by atoms with Crippen molar-refractivity contribution in [2.75, 3.05) is 25.1 Å². The molecule has 1 aliphatic rings. The van der Waals surface area contributed by atoms with Crippen LogP contribution in [0.15, 0.2) is 24.3 Å². The average molecular weight is 348 g/mol. The summed E-state index contributed by atoms with van der Waals surface area (Å²) in [5, 5.41) is 5.59. The van der Waals surface area contributed by atoms with Gasteiger partial charge in [0.15, 0.2) is 0 Å². The van der Waals surface area contributed by atoms with Crippen molar-refractivity contribution in [3.63, 3.8) is 0 Å². The third kappa shape index (κ3) is 6.74. The van der Waals surface area contributed by atoms with Crippen LogP contribution in [0.3, 0.4) is 0 Å². The van der Waals surface area contributed by atoms with E-state index in [1.165, 1.54) is 0 Å². The Labute approximate surface area is 149 Å². The molecule has 0 aliphatic carbocycles. The van der Waals surface area contributed by atoms with E-state index in [0.29, 0.717) is 24.6 Å². The zero-order chi connectivity index (χ0) is 18.3. The minimum absolute atomic E-state index is 0.0650. The Morgan fingerprint density at radius 2 is 2.12 bits per heavy atom. The van der Waals surface area contributed by atoms with Crippen LogP contribution in [0.5, 0.6) is 5.75 Å². The molecule has 1 atom stereocenters. The first-order chi connectivity index (χ1) is 11.8. The number of carbonyl (C=O) groups is 2. The molecule has 0 aromatic heterocycles. The molecule has 0 spiro atoms. The minimum Gasteiger partial charge on any atom is -0.491 e. The number of benzene rings is 1. The lowest BCUT2D eigenvalue weighted by Gasteiger charge is -2.17. The minimum atomic E-state index is -0.453. The van der Waals surface area contributed by atoms with Crippen LogP contribution in [0.2, 0.25) is 0 Å². The highest BCUT2D eigenvalue weighted by Gasteiger charge is 2.20. The van der Waals surface area contributed by atoms with Crippen molar-refractivity contribution in [2.24, 2.45) is 5.41 Å². The summed E-state index contributed by atoms with van der Waals surface area (Å²) in [6.45, 7) is 7.16. The van der Waals surface area contributed by atoms with E-state index >= 15 is 0 Å². The van der Waals surface area contributed by atoms with Gasteiger partial charge in [0.25, 0.3) is 0 Å². The zero-order valence-corrected chi connectivity index (χ0v) is 15.3. The average Bonchev–Trinajstić information content (AvgIpc) is 3.05. The number of amides is 2. The van der Waals surface area contributed by atoms with Crippen molar-refractivity contribution in [1.82, 2.24) is 5.32 Å². The molecule has 2 amide bonds. The molecule has 25 heavy (non-hydrogen) atoms. The summed E-state index contributed by atoms with van der Waals surface area (Å²) in [6.07, 6.45) is 2.49. The molecule has 1 unspecified atom stereocenters. The van der Waals surface area contributed by atoms with Crippen LogP contribution >= 0.6 is 0 Å². The maximum atomic E-state index is 12.0. The first-order valence-electron chi connectivity index (χ1n) is 8.77. The number of hydrogen-bond donors (Lipinski definition) is 2. The largest absolute Gasteiger partial charge is 0.491 e. The topological polar surface area (TPSA) is 76.7 Å². The number of carbonyl (C=O) groups excluding carboxylic acids is 2. The Kier molecular flexibility index (Phi) is 6.82. The van der Waals surface area contributed by atoms with E-state index in [4.69, 9.17) is 9.47 Å². The van der Waals surface area contributed by atoms with Crippen LogP contribution in [0, 0.1) is 5.41 Å². The van der Waals surface area contributed by atoms with Crippen LogP contribution in [0.25, 0.3) is 0 Å². The molecule has 1 fully saturated rings. The van der Waals surface area contributed by atoms with E-state index in [1.54, 1.807) is 6.07 Å². The Balaban J connectivity index is 1.74. The monoisotopic (exact) mass is 348 g/mol. The summed E-state index contributed by atoms with van der Waals surface area (Å²) in [7, 11) is 0. The number of nitrogens with one attached hydrogen (secondary N) is 2. The highest BCUT2D eigenvalue weighted by atomic mass is 16.5. The normalized spacial score (nSPS) is 17.2. The van der Waals surface area contributed by atoms with Gasteiger partial charge >= 0.3 is 0 Å². The third-order valence-electron chi connectivity index (χ3n) is 3.90. The fraction of sp³-hybridized carbons (Fsp3) is 0.579. The molecule has 0 bridgehead atoms. The molecule has 2 rings (SSSR count). The predicted molar refractivity (Wildman–Crippen MR) is 96.6 cm³/mol. The van der Waals surface area contributed by atoms with Crippen molar-refractivity contribution < 1.29 is 19.1 Å². The summed E-state index contributed by atoms with van der Waals surface area (Å²) in [6, 6.07) is 7.29. The summed E-state index contributed by atoms with van der Waals surface area (Å²) >= 11 is 0. The first-order valence-corrected chi connectivity index (χ1v) is 8.77. The molecule has 6 nitrogen and oxygen atoms in total. The zero-order valence-electron chi connectivity index (χ0n) is 15.3. The summed E-state index contributed by atoms with van der Waals surface area (Å²) in [5.41, 5.74) is 0.225.